The molecule has 0 spiro atoms. The molecule has 96 valence electrons. The molecule has 1 amide bonds. The number of nitrogens with zero attached hydrogens (tertiary/aromatic N) is 2. The topological polar surface area (TPSA) is 60.9 Å². The Labute approximate surface area is 106 Å². The molecule has 1 saturated heterocycles. The number of carbonyl (C=O) groups is 2. The molecule has 1 aromatic carbocycles. The van der Waals surface area contributed by atoms with Crippen molar-refractivity contribution in [2.24, 2.45) is 0 Å². The monoisotopic (exact) mass is 248 g/mol. The Hall–Kier alpha value is -1.88. The Bertz CT molecular complexity index is 447. The largest absolute Gasteiger partial charge is 0.480 e. The quantitative estimate of drug-likeness (QED) is 0.856. The molecule has 1 unspecified atom stereocenters. The van der Waals surface area contributed by atoms with Crippen molar-refractivity contribution in [3.8, 4) is 0 Å². The van der Waals surface area contributed by atoms with E-state index in [2.05, 4.69) is 0 Å². The average Bonchev–Trinajstić information content (AvgIpc) is 2.71. The molecule has 1 aliphatic rings. The highest BCUT2D eigenvalue weighted by molar-refractivity contribution is 5.99. The first-order chi connectivity index (χ1) is 8.59. The van der Waals surface area contributed by atoms with Gasteiger partial charge in [0.1, 0.15) is 0 Å². The molecule has 0 bridgehead atoms. The van der Waals surface area contributed by atoms with E-state index in [0.29, 0.717) is 13.0 Å². The van der Waals surface area contributed by atoms with Gasteiger partial charge in [0, 0.05) is 12.2 Å². The SMILES string of the molecule is CN(CC(=O)O)C1CCN(c2ccccc2)C1=O. The highest BCUT2D eigenvalue weighted by Crippen LogP contribution is 2.23. The third kappa shape index (κ3) is 2.51. The Morgan fingerprint density at radius 1 is 1.44 bits per heavy atom. The first-order valence-electron chi connectivity index (χ1n) is 5.88. The number of carboxylic acids is 1. The first kappa shape index (κ1) is 12.6. The number of aliphatic carboxylic acids is 1. The van der Waals surface area contributed by atoms with Crippen molar-refractivity contribution < 1.29 is 14.7 Å². The predicted molar refractivity (Wildman–Crippen MR) is 67.5 cm³/mol. The minimum absolute atomic E-state index is 0.0232. The van der Waals surface area contributed by atoms with Crippen LogP contribution in [0, 0.1) is 0 Å². The number of hydrogen-bond donors (Lipinski definition) is 1. The van der Waals surface area contributed by atoms with Crippen molar-refractivity contribution in [3.63, 3.8) is 0 Å². The molecule has 5 heteroatoms. The fraction of sp³-hybridized carbons (Fsp3) is 0.385. The summed E-state index contributed by atoms with van der Waals surface area (Å²) in [6, 6.07) is 9.11. The van der Waals surface area contributed by atoms with E-state index in [4.69, 9.17) is 5.11 Å². The smallest absolute Gasteiger partial charge is 0.317 e. The second-order valence-electron chi connectivity index (χ2n) is 4.44. The molecule has 1 fully saturated rings. The average molecular weight is 248 g/mol. The molecule has 1 aliphatic heterocycles. The number of hydrogen-bond acceptors (Lipinski definition) is 3. The number of rotatable bonds is 4. The van der Waals surface area contributed by atoms with Crippen LogP contribution in [0.3, 0.4) is 0 Å². The van der Waals surface area contributed by atoms with Gasteiger partial charge < -0.3 is 10.0 Å². The Kier molecular flexibility index (Phi) is 3.62. The predicted octanol–water partition coefficient (Wildman–Crippen LogP) is 0.808. The summed E-state index contributed by atoms with van der Waals surface area (Å²) in [5, 5.41) is 8.75. The number of benzene rings is 1. The first-order valence-corrected chi connectivity index (χ1v) is 5.88. The van der Waals surface area contributed by atoms with E-state index in [-0.39, 0.29) is 18.5 Å². The van der Waals surface area contributed by atoms with Gasteiger partial charge in [0.25, 0.3) is 0 Å². The van der Waals surface area contributed by atoms with Crippen molar-refractivity contribution in [3.05, 3.63) is 30.3 Å². The Morgan fingerprint density at radius 2 is 2.11 bits per heavy atom. The van der Waals surface area contributed by atoms with Crippen molar-refractivity contribution in [2.45, 2.75) is 12.5 Å². The summed E-state index contributed by atoms with van der Waals surface area (Å²) in [5.74, 6) is -0.937. The summed E-state index contributed by atoms with van der Waals surface area (Å²) in [4.78, 5) is 26.2. The van der Waals surface area contributed by atoms with Crippen LogP contribution in [0.25, 0.3) is 0 Å². The van der Waals surface area contributed by atoms with Gasteiger partial charge in [0.2, 0.25) is 5.91 Å². The van der Waals surface area contributed by atoms with E-state index in [9.17, 15) is 9.59 Å². The lowest BCUT2D eigenvalue weighted by atomic mass is 10.2. The highest BCUT2D eigenvalue weighted by atomic mass is 16.4. The van der Waals surface area contributed by atoms with Crippen LogP contribution in [0.5, 0.6) is 0 Å². The molecule has 0 aromatic heterocycles. The number of amides is 1. The van der Waals surface area contributed by atoms with E-state index in [1.807, 2.05) is 30.3 Å². The molecule has 5 nitrogen and oxygen atoms in total. The summed E-state index contributed by atoms with van der Waals surface area (Å²) in [6.07, 6.45) is 0.664. The zero-order chi connectivity index (χ0) is 13.1. The van der Waals surface area contributed by atoms with Gasteiger partial charge in [-0.2, -0.15) is 0 Å². The van der Waals surface area contributed by atoms with E-state index in [0.717, 1.165) is 5.69 Å². The Balaban J connectivity index is 2.08. The van der Waals surface area contributed by atoms with Gasteiger partial charge in [-0.25, -0.2) is 0 Å². The van der Waals surface area contributed by atoms with Gasteiger partial charge in [0.05, 0.1) is 12.6 Å². The van der Waals surface area contributed by atoms with Gasteiger partial charge in [-0.15, -0.1) is 0 Å². The zero-order valence-corrected chi connectivity index (χ0v) is 10.2. The maximum Gasteiger partial charge on any atom is 0.317 e. The molecule has 1 heterocycles. The molecule has 0 saturated carbocycles. The minimum Gasteiger partial charge on any atom is -0.480 e. The number of para-hydroxylation sites is 1. The summed E-state index contributed by atoms with van der Waals surface area (Å²) < 4.78 is 0. The maximum absolute atomic E-state index is 12.2. The fourth-order valence-electron chi connectivity index (χ4n) is 2.26. The lowest BCUT2D eigenvalue weighted by molar-refractivity contribution is -0.138. The number of carboxylic acid groups (broad SMARTS) is 1. The lowest BCUT2D eigenvalue weighted by Crippen LogP contribution is -2.42. The summed E-state index contributed by atoms with van der Waals surface area (Å²) >= 11 is 0. The van der Waals surface area contributed by atoms with Crippen molar-refractivity contribution >= 4 is 17.6 Å². The summed E-state index contributed by atoms with van der Waals surface area (Å²) in [5.41, 5.74) is 0.869. The Morgan fingerprint density at radius 3 is 2.72 bits per heavy atom. The zero-order valence-electron chi connectivity index (χ0n) is 10.2. The lowest BCUT2D eigenvalue weighted by Gasteiger charge is -2.22. The molecule has 18 heavy (non-hydrogen) atoms. The summed E-state index contributed by atoms with van der Waals surface area (Å²) in [6.45, 7) is 0.524. The summed E-state index contributed by atoms with van der Waals surface area (Å²) in [7, 11) is 1.67. The fourth-order valence-corrected chi connectivity index (χ4v) is 2.26. The van der Waals surface area contributed by atoms with Crippen LogP contribution in [0.1, 0.15) is 6.42 Å². The van der Waals surface area contributed by atoms with E-state index in [1.54, 1.807) is 16.8 Å². The van der Waals surface area contributed by atoms with Crippen LogP contribution in [0.15, 0.2) is 30.3 Å². The second-order valence-corrected chi connectivity index (χ2v) is 4.44. The molecule has 0 radical (unpaired) electrons. The number of likely N-dealkylation sites (N-methyl/N-ethyl adjacent to an activating group) is 1. The molecule has 1 atom stereocenters. The third-order valence-corrected chi connectivity index (χ3v) is 3.16. The van der Waals surface area contributed by atoms with Crippen molar-refractivity contribution in [2.75, 3.05) is 25.0 Å². The van der Waals surface area contributed by atoms with Gasteiger partial charge in [-0.1, -0.05) is 18.2 Å². The number of anilines is 1. The molecule has 2 rings (SSSR count). The van der Waals surface area contributed by atoms with Crippen LogP contribution >= 0.6 is 0 Å². The van der Waals surface area contributed by atoms with Crippen LogP contribution in [-0.2, 0) is 9.59 Å². The van der Waals surface area contributed by atoms with Crippen LogP contribution in [-0.4, -0.2) is 48.1 Å². The van der Waals surface area contributed by atoms with E-state index in [1.165, 1.54) is 0 Å². The molecular weight excluding hydrogens is 232 g/mol. The molecule has 1 N–H and O–H groups in total. The minimum atomic E-state index is -0.913. The third-order valence-electron chi connectivity index (χ3n) is 3.16. The van der Waals surface area contributed by atoms with Gasteiger partial charge in [-0.05, 0) is 25.6 Å². The van der Waals surface area contributed by atoms with E-state index >= 15 is 0 Å². The van der Waals surface area contributed by atoms with Crippen LogP contribution < -0.4 is 4.90 Å². The highest BCUT2D eigenvalue weighted by Gasteiger charge is 2.35. The van der Waals surface area contributed by atoms with E-state index < -0.39 is 5.97 Å². The second kappa shape index (κ2) is 5.18. The normalized spacial score (nSPS) is 19.6. The van der Waals surface area contributed by atoms with Crippen molar-refractivity contribution in [1.29, 1.82) is 0 Å². The standard InChI is InChI=1S/C13H16N2O3/c1-14(9-12(16)17)11-7-8-15(13(11)18)10-5-3-2-4-6-10/h2-6,11H,7-9H2,1H3,(H,16,17). The molecule has 1 aromatic rings. The van der Waals surface area contributed by atoms with Crippen molar-refractivity contribution in [1.82, 2.24) is 4.90 Å². The van der Waals surface area contributed by atoms with Gasteiger partial charge in [-0.3, -0.25) is 14.5 Å². The maximum atomic E-state index is 12.2. The van der Waals surface area contributed by atoms with Crippen LogP contribution in [0.2, 0.25) is 0 Å². The molecule has 0 aliphatic carbocycles. The number of carbonyl (C=O) groups excluding carboxylic acids is 1. The van der Waals surface area contributed by atoms with Crippen LogP contribution in [0.4, 0.5) is 5.69 Å². The van der Waals surface area contributed by atoms with Gasteiger partial charge >= 0.3 is 5.97 Å². The molecular formula is C13H16N2O3. The van der Waals surface area contributed by atoms with Gasteiger partial charge in [0.15, 0.2) is 0 Å².